The number of fused-ring (bicyclic) bond motifs is 1. The highest BCUT2D eigenvalue weighted by molar-refractivity contribution is 6.30. The van der Waals surface area contributed by atoms with Gasteiger partial charge >= 0.3 is 0 Å². The largest absolute Gasteiger partial charge is 0.492 e. The highest BCUT2D eigenvalue weighted by Gasteiger charge is 2.41. The Balaban J connectivity index is 1.04. The van der Waals surface area contributed by atoms with Crippen molar-refractivity contribution < 1.29 is 9.53 Å². The molecule has 1 aliphatic carbocycles. The normalized spacial score (nSPS) is 23.3. The van der Waals surface area contributed by atoms with Crippen LogP contribution in [0.1, 0.15) is 56.1 Å². The molecule has 4 aliphatic rings. The third kappa shape index (κ3) is 6.99. The van der Waals surface area contributed by atoms with E-state index in [4.69, 9.17) is 16.3 Å². The first kappa shape index (κ1) is 27.1. The van der Waals surface area contributed by atoms with E-state index in [1.54, 1.807) is 0 Å². The van der Waals surface area contributed by atoms with Crippen LogP contribution in [0.2, 0.25) is 5.02 Å². The van der Waals surface area contributed by atoms with Crippen LogP contribution in [-0.4, -0.2) is 73.0 Å². The number of amides is 1. The van der Waals surface area contributed by atoms with E-state index in [0.29, 0.717) is 11.3 Å². The fourth-order valence-electron chi connectivity index (χ4n) is 6.98. The van der Waals surface area contributed by atoms with Crippen molar-refractivity contribution in [2.24, 2.45) is 17.3 Å². The van der Waals surface area contributed by atoms with Crippen LogP contribution in [0.4, 0.5) is 0 Å². The van der Waals surface area contributed by atoms with Crippen molar-refractivity contribution in [3.05, 3.63) is 64.7 Å². The smallest absolute Gasteiger partial charge is 0.228 e. The number of nitrogens with zero attached hydrogens (tertiary/aromatic N) is 3. The van der Waals surface area contributed by atoms with Crippen LogP contribution < -0.4 is 4.74 Å². The topological polar surface area (TPSA) is 36.0 Å². The standard InChI is InChI=1S/C33H44ClN3O2/c34-30-12-10-27(11-13-30)22-36-23-29(24-36)32(38)37-17-15-33(16-18-37)14-4-3-6-28-5-1-2-7-31(28)39-20-19-35(25-33)21-26-8-9-26/h1-2,5,7,10-13,26,29H,3-4,6,8-9,14-25H2. The Labute approximate surface area is 239 Å². The molecule has 0 aromatic heterocycles. The van der Waals surface area contributed by atoms with Crippen LogP contribution in [0, 0.1) is 17.3 Å². The first-order valence-corrected chi connectivity index (χ1v) is 15.6. The molecule has 6 heteroatoms. The van der Waals surface area contributed by atoms with E-state index in [-0.39, 0.29) is 5.92 Å². The number of hydrogen-bond donors (Lipinski definition) is 0. The van der Waals surface area contributed by atoms with Crippen LogP contribution in [0.3, 0.4) is 0 Å². The van der Waals surface area contributed by atoms with Crippen molar-refractivity contribution >= 4 is 17.5 Å². The van der Waals surface area contributed by atoms with Crippen molar-refractivity contribution in [3.63, 3.8) is 0 Å². The Morgan fingerprint density at radius 2 is 1.69 bits per heavy atom. The van der Waals surface area contributed by atoms with Gasteiger partial charge in [-0.2, -0.15) is 0 Å². The zero-order valence-electron chi connectivity index (χ0n) is 23.3. The van der Waals surface area contributed by atoms with Crippen LogP contribution in [0.15, 0.2) is 48.5 Å². The van der Waals surface area contributed by atoms with E-state index in [1.165, 1.54) is 49.8 Å². The first-order chi connectivity index (χ1) is 19.1. The lowest BCUT2D eigenvalue weighted by atomic mass is 9.73. The summed E-state index contributed by atoms with van der Waals surface area (Å²) in [5, 5.41) is 0.772. The molecular weight excluding hydrogens is 506 g/mol. The molecule has 210 valence electrons. The third-order valence-corrected chi connectivity index (χ3v) is 9.83. The fourth-order valence-corrected chi connectivity index (χ4v) is 7.10. The second-order valence-electron chi connectivity index (χ2n) is 12.7. The number of likely N-dealkylation sites (tertiary alicyclic amines) is 2. The van der Waals surface area contributed by atoms with Crippen LogP contribution in [0.25, 0.3) is 0 Å². The van der Waals surface area contributed by atoms with E-state index in [0.717, 1.165) is 88.4 Å². The zero-order valence-corrected chi connectivity index (χ0v) is 24.1. The van der Waals surface area contributed by atoms with Crippen LogP contribution in [-0.2, 0) is 17.8 Å². The molecule has 3 fully saturated rings. The Morgan fingerprint density at radius 3 is 2.46 bits per heavy atom. The van der Waals surface area contributed by atoms with Gasteiger partial charge in [0.1, 0.15) is 12.4 Å². The average molecular weight is 550 g/mol. The number of hydrogen-bond acceptors (Lipinski definition) is 4. The number of carbonyl (C=O) groups excluding carboxylic acids is 1. The molecule has 6 rings (SSSR count). The number of aryl methyl sites for hydroxylation is 1. The van der Waals surface area contributed by atoms with Crippen molar-refractivity contribution in [2.75, 3.05) is 52.4 Å². The lowest BCUT2D eigenvalue weighted by molar-refractivity contribution is -0.144. The zero-order chi connectivity index (χ0) is 26.7. The van der Waals surface area contributed by atoms with Gasteiger partial charge in [0.05, 0.1) is 5.92 Å². The maximum absolute atomic E-state index is 13.4. The summed E-state index contributed by atoms with van der Waals surface area (Å²) in [6.45, 7) is 8.62. The van der Waals surface area contributed by atoms with Gasteiger partial charge in [0.2, 0.25) is 5.91 Å². The average Bonchev–Trinajstić information content (AvgIpc) is 3.74. The Bertz CT molecular complexity index is 1100. The molecule has 5 nitrogen and oxygen atoms in total. The summed E-state index contributed by atoms with van der Waals surface area (Å²) in [5.74, 6) is 2.49. The summed E-state index contributed by atoms with van der Waals surface area (Å²) < 4.78 is 6.31. The van der Waals surface area contributed by atoms with Crippen LogP contribution in [0.5, 0.6) is 5.75 Å². The molecule has 39 heavy (non-hydrogen) atoms. The van der Waals surface area contributed by atoms with Gasteiger partial charge in [-0.1, -0.05) is 48.4 Å². The molecule has 0 unspecified atom stereocenters. The molecule has 0 atom stereocenters. The van der Waals surface area contributed by atoms with Gasteiger partial charge in [0.15, 0.2) is 0 Å². The number of rotatable bonds is 5. The predicted octanol–water partition coefficient (Wildman–Crippen LogP) is 5.90. The number of piperidine rings is 1. The van der Waals surface area contributed by atoms with Gasteiger partial charge in [-0.15, -0.1) is 0 Å². The molecule has 2 aromatic carbocycles. The summed E-state index contributed by atoms with van der Waals surface area (Å²) in [5.41, 5.74) is 2.94. The number of benzene rings is 2. The quantitative estimate of drug-likeness (QED) is 0.465. The second-order valence-corrected chi connectivity index (χ2v) is 13.1. The molecule has 1 spiro atoms. The van der Waals surface area contributed by atoms with Crippen LogP contribution >= 0.6 is 11.6 Å². The SMILES string of the molecule is O=C(C1CN(Cc2ccc(Cl)cc2)C1)N1CCC2(CCCCc3ccccc3OCCN(CC3CC3)C2)CC1. The Morgan fingerprint density at radius 1 is 0.923 bits per heavy atom. The maximum Gasteiger partial charge on any atom is 0.228 e. The third-order valence-electron chi connectivity index (χ3n) is 9.57. The Hall–Kier alpha value is -2.08. The molecule has 2 saturated heterocycles. The van der Waals surface area contributed by atoms with Gasteiger partial charge in [0, 0.05) is 57.4 Å². The molecule has 1 amide bonds. The highest BCUT2D eigenvalue weighted by atomic mass is 35.5. The Kier molecular flexibility index (Phi) is 8.48. The van der Waals surface area contributed by atoms with Gasteiger partial charge in [0.25, 0.3) is 0 Å². The van der Waals surface area contributed by atoms with E-state index in [2.05, 4.69) is 51.1 Å². The summed E-state index contributed by atoms with van der Waals surface area (Å²) in [7, 11) is 0. The first-order valence-electron chi connectivity index (χ1n) is 15.2. The van der Waals surface area contributed by atoms with E-state index in [1.807, 2.05) is 12.1 Å². The number of carbonyl (C=O) groups is 1. The molecule has 3 heterocycles. The lowest BCUT2D eigenvalue weighted by Gasteiger charge is -2.47. The fraction of sp³-hybridized carbons (Fsp3) is 0.606. The molecule has 0 N–H and O–H groups in total. The minimum atomic E-state index is 0.159. The molecule has 1 saturated carbocycles. The van der Waals surface area contributed by atoms with Crippen molar-refractivity contribution in [3.8, 4) is 5.75 Å². The molecule has 2 aromatic rings. The minimum Gasteiger partial charge on any atom is -0.492 e. The molecule has 3 aliphatic heterocycles. The van der Waals surface area contributed by atoms with Crippen molar-refractivity contribution in [1.29, 1.82) is 0 Å². The van der Waals surface area contributed by atoms with Gasteiger partial charge in [-0.3, -0.25) is 14.6 Å². The molecular formula is C33H44ClN3O2. The summed E-state index contributed by atoms with van der Waals surface area (Å²) in [6.07, 6.45) is 9.87. The predicted molar refractivity (Wildman–Crippen MR) is 157 cm³/mol. The summed E-state index contributed by atoms with van der Waals surface area (Å²) in [6, 6.07) is 16.7. The second kappa shape index (κ2) is 12.2. The molecule has 0 bridgehead atoms. The van der Waals surface area contributed by atoms with E-state index in [9.17, 15) is 4.79 Å². The van der Waals surface area contributed by atoms with Gasteiger partial charge < -0.3 is 9.64 Å². The van der Waals surface area contributed by atoms with Crippen molar-refractivity contribution in [1.82, 2.24) is 14.7 Å². The summed E-state index contributed by atoms with van der Waals surface area (Å²) >= 11 is 6.03. The lowest BCUT2D eigenvalue weighted by Crippen LogP contribution is -2.56. The number of para-hydroxylation sites is 1. The maximum atomic E-state index is 13.4. The van der Waals surface area contributed by atoms with E-state index < -0.39 is 0 Å². The highest BCUT2D eigenvalue weighted by Crippen LogP contribution is 2.40. The molecule has 0 radical (unpaired) electrons. The minimum absolute atomic E-state index is 0.159. The van der Waals surface area contributed by atoms with Gasteiger partial charge in [-0.25, -0.2) is 0 Å². The monoisotopic (exact) mass is 549 g/mol. The number of halogens is 1. The summed E-state index contributed by atoms with van der Waals surface area (Å²) in [4.78, 5) is 20.7. The number of ether oxygens (including phenoxy) is 1. The van der Waals surface area contributed by atoms with Gasteiger partial charge in [-0.05, 0) is 85.6 Å². The van der Waals surface area contributed by atoms with Crippen molar-refractivity contribution in [2.45, 2.75) is 57.9 Å². The van der Waals surface area contributed by atoms with E-state index >= 15 is 0 Å².